The number of thiazole rings is 1. The van der Waals surface area contributed by atoms with Crippen molar-refractivity contribution in [3.05, 3.63) is 33.5 Å². The van der Waals surface area contributed by atoms with Gasteiger partial charge in [0.25, 0.3) is 0 Å². The van der Waals surface area contributed by atoms with Gasteiger partial charge < -0.3 is 10.2 Å². The van der Waals surface area contributed by atoms with Crippen molar-refractivity contribution in [2.24, 2.45) is 0 Å². The minimum absolute atomic E-state index is 0.476. The van der Waals surface area contributed by atoms with Crippen LogP contribution >= 0.6 is 22.7 Å². The molecule has 0 spiro atoms. The summed E-state index contributed by atoms with van der Waals surface area (Å²) in [5, 5.41) is 6.82. The Balaban J connectivity index is 1.56. The third-order valence-corrected chi connectivity index (χ3v) is 5.71. The molecule has 3 nitrogen and oxygen atoms in total. The Hall–Kier alpha value is -0.910. The summed E-state index contributed by atoms with van der Waals surface area (Å²) in [6.45, 7) is 3.23. The first kappa shape index (κ1) is 14.0. The summed E-state index contributed by atoms with van der Waals surface area (Å²) in [6, 6.07) is 5.57. The van der Waals surface area contributed by atoms with E-state index < -0.39 is 0 Å². The van der Waals surface area contributed by atoms with Gasteiger partial charge in [-0.2, -0.15) is 0 Å². The van der Waals surface area contributed by atoms with E-state index in [1.54, 1.807) is 0 Å². The summed E-state index contributed by atoms with van der Waals surface area (Å²) in [7, 11) is 2.15. The fraction of sp³-hybridized carbons (Fsp3) is 0.533. The van der Waals surface area contributed by atoms with Crippen LogP contribution in [0.15, 0.2) is 23.7 Å². The second-order valence-corrected chi connectivity index (χ2v) is 7.63. The van der Waals surface area contributed by atoms with Crippen LogP contribution in [0.3, 0.4) is 0 Å². The highest BCUT2D eigenvalue weighted by Gasteiger charge is 2.21. The van der Waals surface area contributed by atoms with E-state index in [-0.39, 0.29) is 0 Å². The van der Waals surface area contributed by atoms with E-state index in [1.807, 2.05) is 28.9 Å². The molecule has 5 heteroatoms. The van der Waals surface area contributed by atoms with E-state index in [1.165, 1.54) is 22.6 Å². The highest BCUT2D eigenvalue weighted by Crippen LogP contribution is 2.26. The van der Waals surface area contributed by atoms with Gasteiger partial charge in [-0.15, -0.1) is 22.7 Å². The van der Waals surface area contributed by atoms with Crippen LogP contribution < -0.4 is 10.2 Å². The summed E-state index contributed by atoms with van der Waals surface area (Å²) in [5.41, 5.74) is 0. The van der Waals surface area contributed by atoms with Crippen molar-refractivity contribution in [3.63, 3.8) is 0 Å². The molecule has 1 aliphatic rings. The number of rotatable bonds is 7. The maximum atomic E-state index is 4.57. The Morgan fingerprint density at radius 1 is 1.45 bits per heavy atom. The maximum absolute atomic E-state index is 4.57. The van der Waals surface area contributed by atoms with E-state index >= 15 is 0 Å². The van der Waals surface area contributed by atoms with E-state index in [4.69, 9.17) is 0 Å². The molecule has 0 saturated heterocycles. The fourth-order valence-electron chi connectivity index (χ4n) is 2.12. The van der Waals surface area contributed by atoms with Gasteiger partial charge in [-0.25, -0.2) is 4.98 Å². The molecule has 0 bridgehead atoms. The van der Waals surface area contributed by atoms with Crippen LogP contribution in [0.1, 0.15) is 29.5 Å². The minimum Gasteiger partial charge on any atom is -0.348 e. The summed E-state index contributed by atoms with van der Waals surface area (Å²) in [5.74, 6) is 0. The lowest BCUT2D eigenvalue weighted by Crippen LogP contribution is -2.30. The van der Waals surface area contributed by atoms with Gasteiger partial charge in [-0.3, -0.25) is 0 Å². The lowest BCUT2D eigenvalue weighted by atomic mass is 10.2. The standard InChI is InChI=1S/C15H21N3S2/c1-11(8-13-4-3-7-19-13)18(2)15-17-10-14(20-15)9-16-12-5-6-12/h3-4,7,10-12,16H,5-6,8-9H2,1-2H3. The van der Waals surface area contributed by atoms with Gasteiger partial charge in [-0.1, -0.05) is 6.07 Å². The zero-order valence-electron chi connectivity index (χ0n) is 12.0. The van der Waals surface area contributed by atoms with Crippen molar-refractivity contribution in [2.75, 3.05) is 11.9 Å². The topological polar surface area (TPSA) is 28.2 Å². The molecule has 1 aliphatic carbocycles. The van der Waals surface area contributed by atoms with Crippen LogP contribution in [0, 0.1) is 0 Å². The largest absolute Gasteiger partial charge is 0.348 e. The molecule has 2 aromatic rings. The number of aromatic nitrogens is 1. The smallest absolute Gasteiger partial charge is 0.185 e. The van der Waals surface area contributed by atoms with Gasteiger partial charge in [0.2, 0.25) is 0 Å². The normalized spacial score (nSPS) is 16.3. The number of anilines is 1. The molecule has 0 radical (unpaired) electrons. The monoisotopic (exact) mass is 307 g/mol. The van der Waals surface area contributed by atoms with Crippen LogP contribution in [0.2, 0.25) is 0 Å². The highest BCUT2D eigenvalue weighted by atomic mass is 32.1. The number of likely N-dealkylation sites (N-methyl/N-ethyl adjacent to an activating group) is 1. The summed E-state index contributed by atoms with van der Waals surface area (Å²) < 4.78 is 0. The molecule has 0 amide bonds. The van der Waals surface area contributed by atoms with Crippen molar-refractivity contribution in [1.29, 1.82) is 0 Å². The summed E-state index contributed by atoms with van der Waals surface area (Å²) in [6.07, 6.45) is 5.78. The molecule has 1 N–H and O–H groups in total. The number of hydrogen-bond acceptors (Lipinski definition) is 5. The molecule has 20 heavy (non-hydrogen) atoms. The lowest BCUT2D eigenvalue weighted by molar-refractivity contribution is 0.686. The molecule has 2 aromatic heterocycles. The van der Waals surface area contributed by atoms with E-state index in [0.717, 1.165) is 24.1 Å². The van der Waals surface area contributed by atoms with Crippen molar-refractivity contribution in [3.8, 4) is 0 Å². The lowest BCUT2D eigenvalue weighted by Gasteiger charge is -2.23. The van der Waals surface area contributed by atoms with Gasteiger partial charge in [-0.05, 0) is 31.2 Å². The minimum atomic E-state index is 0.476. The van der Waals surface area contributed by atoms with Gasteiger partial charge >= 0.3 is 0 Å². The molecule has 1 unspecified atom stereocenters. The van der Waals surface area contributed by atoms with Crippen molar-refractivity contribution in [2.45, 2.75) is 44.8 Å². The fourth-order valence-corrected chi connectivity index (χ4v) is 3.87. The van der Waals surface area contributed by atoms with E-state index in [9.17, 15) is 0 Å². The highest BCUT2D eigenvalue weighted by molar-refractivity contribution is 7.15. The molecule has 1 fully saturated rings. The van der Waals surface area contributed by atoms with E-state index in [0.29, 0.717) is 6.04 Å². The third-order valence-electron chi connectivity index (χ3n) is 3.72. The number of thiophene rings is 1. The van der Waals surface area contributed by atoms with Gasteiger partial charge in [0.1, 0.15) is 0 Å². The van der Waals surface area contributed by atoms with Crippen LogP contribution in [0.5, 0.6) is 0 Å². The van der Waals surface area contributed by atoms with E-state index in [2.05, 4.69) is 46.7 Å². The first-order valence-electron chi connectivity index (χ1n) is 7.15. The van der Waals surface area contributed by atoms with Crippen molar-refractivity contribution in [1.82, 2.24) is 10.3 Å². The van der Waals surface area contributed by atoms with Gasteiger partial charge in [0.15, 0.2) is 5.13 Å². The predicted octanol–water partition coefficient (Wildman–Crippen LogP) is 3.52. The number of hydrogen-bond donors (Lipinski definition) is 1. The first-order chi connectivity index (χ1) is 9.72. The van der Waals surface area contributed by atoms with Gasteiger partial charge in [0, 0.05) is 48.0 Å². The Morgan fingerprint density at radius 3 is 3.00 bits per heavy atom. The average molecular weight is 307 g/mol. The van der Waals surface area contributed by atoms with Crippen LogP contribution in [0.4, 0.5) is 5.13 Å². The molecule has 1 atom stereocenters. The molecule has 1 saturated carbocycles. The molecular formula is C15H21N3S2. The quantitative estimate of drug-likeness (QED) is 0.848. The van der Waals surface area contributed by atoms with Crippen LogP contribution in [-0.2, 0) is 13.0 Å². The second kappa shape index (κ2) is 6.24. The Morgan fingerprint density at radius 2 is 2.30 bits per heavy atom. The summed E-state index contributed by atoms with van der Waals surface area (Å²) in [4.78, 5) is 9.65. The molecule has 0 aliphatic heterocycles. The van der Waals surface area contributed by atoms with Crippen LogP contribution in [0.25, 0.3) is 0 Å². The number of nitrogens with zero attached hydrogens (tertiary/aromatic N) is 2. The molecule has 108 valence electrons. The second-order valence-electron chi connectivity index (χ2n) is 5.51. The molecule has 3 rings (SSSR count). The third kappa shape index (κ3) is 3.59. The van der Waals surface area contributed by atoms with Crippen molar-refractivity contribution >= 4 is 27.8 Å². The van der Waals surface area contributed by atoms with Gasteiger partial charge in [0.05, 0.1) is 0 Å². The Kier molecular flexibility index (Phi) is 4.38. The average Bonchev–Trinajstić information content (AvgIpc) is 2.93. The molecular weight excluding hydrogens is 286 g/mol. The zero-order chi connectivity index (χ0) is 13.9. The number of nitrogens with one attached hydrogen (secondary N) is 1. The Bertz CT molecular complexity index is 531. The summed E-state index contributed by atoms with van der Waals surface area (Å²) >= 11 is 3.64. The molecule has 2 heterocycles. The predicted molar refractivity (Wildman–Crippen MR) is 87.9 cm³/mol. The van der Waals surface area contributed by atoms with Crippen LogP contribution in [-0.4, -0.2) is 24.1 Å². The SMILES string of the molecule is CC(Cc1cccs1)N(C)c1ncc(CNC2CC2)s1. The zero-order valence-corrected chi connectivity index (χ0v) is 13.6. The van der Waals surface area contributed by atoms with Crippen molar-refractivity contribution < 1.29 is 0 Å². The Labute approximate surface area is 128 Å². The maximum Gasteiger partial charge on any atom is 0.185 e. The molecule has 0 aromatic carbocycles. The first-order valence-corrected chi connectivity index (χ1v) is 8.85.